The zero-order valence-corrected chi connectivity index (χ0v) is 14.8. The van der Waals surface area contributed by atoms with Gasteiger partial charge in [-0.05, 0) is 23.7 Å². The maximum atomic E-state index is 10.7. The fourth-order valence-corrected chi connectivity index (χ4v) is 2.71. The summed E-state index contributed by atoms with van der Waals surface area (Å²) in [5.74, 6) is 0.420. The first-order valence-corrected chi connectivity index (χ1v) is 11.2. The van der Waals surface area contributed by atoms with Crippen molar-refractivity contribution in [1.82, 2.24) is 9.78 Å². The van der Waals surface area contributed by atoms with Gasteiger partial charge in [0.1, 0.15) is 12.5 Å². The lowest BCUT2D eigenvalue weighted by Crippen LogP contribution is -2.22. The van der Waals surface area contributed by atoms with Gasteiger partial charge in [-0.25, -0.2) is 9.48 Å². The van der Waals surface area contributed by atoms with E-state index in [-0.39, 0.29) is 0 Å². The van der Waals surface area contributed by atoms with E-state index in [0.29, 0.717) is 12.5 Å². The number of aromatic nitrogens is 2. The Morgan fingerprint density at radius 2 is 1.91 bits per heavy atom. The Bertz CT molecular complexity index is 647. The van der Waals surface area contributed by atoms with Crippen molar-refractivity contribution in [3.8, 4) is 16.9 Å². The summed E-state index contributed by atoms with van der Waals surface area (Å²) in [7, 11) is -1.06. The monoisotopic (exact) mass is 333 g/mol. The van der Waals surface area contributed by atoms with Crippen LogP contribution in [0.25, 0.3) is 11.1 Å². The molecule has 1 heterocycles. The Morgan fingerprint density at radius 1 is 1.22 bits per heavy atom. The van der Waals surface area contributed by atoms with Crippen molar-refractivity contribution in [2.24, 2.45) is 5.73 Å². The highest BCUT2D eigenvalue weighted by Gasteiger charge is 2.12. The topological polar surface area (TPSA) is 79.4 Å². The minimum atomic E-state index is -1.06. The number of carbonyl (C=O) groups is 1. The number of carbonyl (C=O) groups excluding carboxylic acids is 1. The molecule has 0 atom stereocenters. The second-order valence-electron chi connectivity index (χ2n) is 6.56. The molecule has 2 N–H and O–H groups in total. The van der Waals surface area contributed by atoms with Gasteiger partial charge >= 0.3 is 6.09 Å². The molecule has 0 radical (unpaired) electrons. The summed E-state index contributed by atoms with van der Waals surface area (Å²) in [4.78, 5) is 10.7. The maximum Gasteiger partial charge on any atom is 0.409 e. The standard InChI is InChI=1S/C16H23N3O3Si/c1-23(2,3)9-8-21-12-19-11-14(10-18-19)13-4-6-15(7-5-13)22-16(17)20/h4-7,10-11H,8-9,12H2,1-3H3,(H2,17,20). The van der Waals surface area contributed by atoms with Gasteiger partial charge in [0, 0.05) is 26.4 Å². The van der Waals surface area contributed by atoms with E-state index in [2.05, 4.69) is 24.7 Å². The molecule has 1 amide bonds. The van der Waals surface area contributed by atoms with Crippen LogP contribution in [0.15, 0.2) is 36.7 Å². The Labute approximate surface area is 137 Å². The molecule has 2 rings (SSSR count). The Hall–Kier alpha value is -2.12. The zero-order valence-electron chi connectivity index (χ0n) is 13.8. The predicted octanol–water partition coefficient (Wildman–Crippen LogP) is 3.32. The van der Waals surface area contributed by atoms with E-state index < -0.39 is 14.2 Å². The third-order valence-electron chi connectivity index (χ3n) is 3.26. The molecular formula is C16H23N3O3Si. The third-order valence-corrected chi connectivity index (χ3v) is 4.96. The SMILES string of the molecule is C[Si](C)(C)CCOCn1cc(-c2ccc(OC(N)=O)cc2)cn1. The summed E-state index contributed by atoms with van der Waals surface area (Å²) in [6.45, 7) is 8.20. The molecule has 0 fully saturated rings. The Morgan fingerprint density at radius 3 is 2.52 bits per heavy atom. The summed E-state index contributed by atoms with van der Waals surface area (Å²) in [6.07, 6.45) is 2.89. The van der Waals surface area contributed by atoms with Gasteiger partial charge in [0.15, 0.2) is 0 Å². The summed E-state index contributed by atoms with van der Waals surface area (Å²) >= 11 is 0. The molecule has 23 heavy (non-hydrogen) atoms. The highest BCUT2D eigenvalue weighted by molar-refractivity contribution is 6.76. The molecule has 7 heteroatoms. The highest BCUT2D eigenvalue weighted by Crippen LogP contribution is 2.22. The average Bonchev–Trinajstić information content (AvgIpc) is 2.92. The predicted molar refractivity (Wildman–Crippen MR) is 92.0 cm³/mol. The van der Waals surface area contributed by atoms with Gasteiger partial charge in [0.25, 0.3) is 0 Å². The second-order valence-corrected chi connectivity index (χ2v) is 12.2. The molecule has 124 valence electrons. The number of hydrogen-bond donors (Lipinski definition) is 1. The molecule has 0 saturated carbocycles. The number of benzene rings is 1. The molecule has 1 aromatic heterocycles. The number of ether oxygens (including phenoxy) is 2. The molecule has 0 spiro atoms. The van der Waals surface area contributed by atoms with E-state index in [9.17, 15) is 4.79 Å². The van der Waals surface area contributed by atoms with Crippen molar-refractivity contribution in [2.75, 3.05) is 6.61 Å². The minimum absolute atomic E-state index is 0.420. The van der Waals surface area contributed by atoms with E-state index in [0.717, 1.165) is 23.8 Å². The molecular weight excluding hydrogens is 310 g/mol. The summed E-state index contributed by atoms with van der Waals surface area (Å²) in [6, 6.07) is 8.24. The van der Waals surface area contributed by atoms with Gasteiger partial charge < -0.3 is 15.2 Å². The summed E-state index contributed by atoms with van der Waals surface area (Å²) in [5.41, 5.74) is 6.93. The Kier molecular flexibility index (Phi) is 5.57. The summed E-state index contributed by atoms with van der Waals surface area (Å²) < 4.78 is 12.2. The normalized spacial score (nSPS) is 11.4. The van der Waals surface area contributed by atoms with E-state index in [1.807, 2.05) is 18.3 Å². The van der Waals surface area contributed by atoms with Crippen LogP contribution in [-0.4, -0.2) is 30.6 Å². The number of nitrogens with zero attached hydrogens (tertiary/aromatic N) is 2. The van der Waals surface area contributed by atoms with Crippen LogP contribution in [0.3, 0.4) is 0 Å². The first-order valence-electron chi connectivity index (χ1n) is 7.51. The van der Waals surface area contributed by atoms with E-state index in [1.54, 1.807) is 23.0 Å². The molecule has 6 nitrogen and oxygen atoms in total. The van der Waals surface area contributed by atoms with Crippen LogP contribution >= 0.6 is 0 Å². The fourth-order valence-electron chi connectivity index (χ4n) is 1.95. The minimum Gasteiger partial charge on any atom is -0.411 e. The highest BCUT2D eigenvalue weighted by atomic mass is 28.3. The van der Waals surface area contributed by atoms with Crippen molar-refractivity contribution in [3.05, 3.63) is 36.7 Å². The first-order chi connectivity index (χ1) is 10.8. The lowest BCUT2D eigenvalue weighted by molar-refractivity contribution is 0.0786. The maximum absolute atomic E-state index is 10.7. The molecule has 0 aliphatic rings. The molecule has 0 aliphatic carbocycles. The lowest BCUT2D eigenvalue weighted by atomic mass is 10.1. The number of nitrogens with two attached hydrogens (primary N) is 1. The number of primary amides is 1. The van der Waals surface area contributed by atoms with Crippen LogP contribution in [0.1, 0.15) is 0 Å². The third kappa shape index (κ3) is 5.88. The van der Waals surface area contributed by atoms with Gasteiger partial charge in [-0.1, -0.05) is 31.8 Å². The van der Waals surface area contributed by atoms with E-state index >= 15 is 0 Å². The smallest absolute Gasteiger partial charge is 0.409 e. The van der Waals surface area contributed by atoms with Crippen molar-refractivity contribution >= 4 is 14.2 Å². The lowest BCUT2D eigenvalue weighted by Gasteiger charge is -2.15. The van der Waals surface area contributed by atoms with Crippen molar-refractivity contribution in [1.29, 1.82) is 0 Å². The van der Waals surface area contributed by atoms with Crippen LogP contribution in [0.2, 0.25) is 25.7 Å². The first kappa shape index (κ1) is 17.2. The molecule has 2 aromatic rings. The number of amides is 1. The second kappa shape index (κ2) is 7.43. The largest absolute Gasteiger partial charge is 0.411 e. The van der Waals surface area contributed by atoms with Crippen molar-refractivity contribution < 1.29 is 14.3 Å². The Balaban J connectivity index is 1.90. The van der Waals surface area contributed by atoms with Gasteiger partial charge in [-0.3, -0.25) is 0 Å². The van der Waals surface area contributed by atoms with E-state index in [1.165, 1.54) is 0 Å². The van der Waals surface area contributed by atoms with Crippen LogP contribution in [0, 0.1) is 0 Å². The molecule has 0 aliphatic heterocycles. The summed E-state index contributed by atoms with van der Waals surface area (Å²) in [5, 5.41) is 4.30. The van der Waals surface area contributed by atoms with Gasteiger partial charge in [-0.15, -0.1) is 0 Å². The van der Waals surface area contributed by atoms with Crippen LogP contribution in [0.5, 0.6) is 5.75 Å². The average molecular weight is 333 g/mol. The molecule has 0 bridgehead atoms. The molecule has 0 unspecified atom stereocenters. The van der Waals surface area contributed by atoms with Crippen LogP contribution in [0.4, 0.5) is 4.79 Å². The number of rotatable bonds is 7. The van der Waals surface area contributed by atoms with E-state index in [4.69, 9.17) is 15.2 Å². The molecule has 0 saturated heterocycles. The number of hydrogen-bond acceptors (Lipinski definition) is 4. The van der Waals surface area contributed by atoms with Crippen molar-refractivity contribution in [2.45, 2.75) is 32.4 Å². The zero-order chi connectivity index (χ0) is 16.9. The fraction of sp³-hybridized carbons (Fsp3) is 0.375. The van der Waals surface area contributed by atoms with Crippen LogP contribution < -0.4 is 10.5 Å². The molecule has 1 aromatic carbocycles. The van der Waals surface area contributed by atoms with Gasteiger partial charge in [-0.2, -0.15) is 5.10 Å². The van der Waals surface area contributed by atoms with Crippen molar-refractivity contribution in [3.63, 3.8) is 0 Å². The van der Waals surface area contributed by atoms with Gasteiger partial charge in [0.2, 0.25) is 0 Å². The van der Waals surface area contributed by atoms with Crippen LogP contribution in [-0.2, 0) is 11.5 Å². The van der Waals surface area contributed by atoms with Gasteiger partial charge in [0.05, 0.1) is 6.20 Å². The quantitative estimate of drug-likeness (QED) is 0.622.